The summed E-state index contributed by atoms with van der Waals surface area (Å²) in [5.41, 5.74) is 2.96. The van der Waals surface area contributed by atoms with Gasteiger partial charge < -0.3 is 9.55 Å². The summed E-state index contributed by atoms with van der Waals surface area (Å²) in [5.74, 6) is 0. The van der Waals surface area contributed by atoms with Gasteiger partial charge in [-0.25, -0.2) is 4.98 Å². The molecule has 2 heterocycles. The van der Waals surface area contributed by atoms with Gasteiger partial charge in [0.2, 0.25) is 0 Å². The molecule has 0 aliphatic heterocycles. The van der Waals surface area contributed by atoms with Crippen LogP contribution in [0.15, 0.2) is 53.8 Å². The minimum atomic E-state index is -0.355. The number of nitriles is 1. The van der Waals surface area contributed by atoms with E-state index in [1.165, 1.54) is 0 Å². The molecule has 1 aromatic carbocycles. The number of aryl methyl sites for hydroxylation is 1. The maximum atomic E-state index is 11.8. The number of rotatable bonds is 2. The highest BCUT2D eigenvalue weighted by atomic mass is 16.1. The SMILES string of the molecule is Cc1cc(-c2ccc(-n3ccnc3)cc2)c(C#N)c(=O)[nH]1. The van der Waals surface area contributed by atoms with E-state index in [1.54, 1.807) is 19.4 Å². The molecule has 1 N–H and O–H groups in total. The van der Waals surface area contributed by atoms with E-state index in [9.17, 15) is 10.1 Å². The molecule has 3 aromatic rings. The monoisotopic (exact) mass is 276 g/mol. The number of aromatic amines is 1. The van der Waals surface area contributed by atoms with Gasteiger partial charge in [0, 0.05) is 29.3 Å². The predicted octanol–water partition coefficient (Wildman–Crippen LogP) is 2.41. The molecule has 5 nitrogen and oxygen atoms in total. The second kappa shape index (κ2) is 5.10. The van der Waals surface area contributed by atoms with Crippen LogP contribution >= 0.6 is 0 Å². The van der Waals surface area contributed by atoms with E-state index in [1.807, 2.05) is 47.2 Å². The summed E-state index contributed by atoms with van der Waals surface area (Å²) in [4.78, 5) is 18.5. The first-order chi connectivity index (χ1) is 10.2. The van der Waals surface area contributed by atoms with Gasteiger partial charge in [-0.15, -0.1) is 0 Å². The van der Waals surface area contributed by atoms with Crippen molar-refractivity contribution in [1.29, 1.82) is 5.26 Å². The van der Waals surface area contributed by atoms with Crippen molar-refractivity contribution in [2.45, 2.75) is 6.92 Å². The van der Waals surface area contributed by atoms with Crippen molar-refractivity contribution in [3.8, 4) is 22.9 Å². The summed E-state index contributed by atoms with van der Waals surface area (Å²) in [6.45, 7) is 1.80. The van der Waals surface area contributed by atoms with E-state index in [0.29, 0.717) is 5.56 Å². The number of aromatic nitrogens is 3. The highest BCUT2D eigenvalue weighted by Gasteiger charge is 2.10. The molecule has 0 bridgehead atoms. The predicted molar refractivity (Wildman–Crippen MR) is 79.1 cm³/mol. The quantitative estimate of drug-likeness (QED) is 0.781. The standard InChI is InChI=1S/C16H12N4O/c1-11-8-14(15(9-17)16(21)19-11)12-2-4-13(5-3-12)20-7-6-18-10-20/h2-8,10H,1H3,(H,19,21). The molecule has 102 valence electrons. The Morgan fingerprint density at radius 3 is 2.67 bits per heavy atom. The minimum absolute atomic E-state index is 0.135. The molecular weight excluding hydrogens is 264 g/mol. The average molecular weight is 276 g/mol. The summed E-state index contributed by atoms with van der Waals surface area (Å²) < 4.78 is 1.89. The van der Waals surface area contributed by atoms with Crippen molar-refractivity contribution < 1.29 is 0 Å². The fraction of sp³-hybridized carbons (Fsp3) is 0.0625. The van der Waals surface area contributed by atoms with E-state index in [2.05, 4.69) is 9.97 Å². The lowest BCUT2D eigenvalue weighted by molar-refractivity contribution is 1.06. The molecule has 3 rings (SSSR count). The third kappa shape index (κ3) is 2.35. The third-order valence-corrected chi connectivity index (χ3v) is 3.26. The molecular formula is C16H12N4O. The molecule has 0 fully saturated rings. The number of imidazole rings is 1. The van der Waals surface area contributed by atoms with Crippen LogP contribution in [0.1, 0.15) is 11.3 Å². The maximum absolute atomic E-state index is 11.8. The van der Waals surface area contributed by atoms with Crippen LogP contribution in [0.5, 0.6) is 0 Å². The molecule has 0 spiro atoms. The van der Waals surface area contributed by atoms with Gasteiger partial charge in [-0.1, -0.05) is 12.1 Å². The Balaban J connectivity index is 2.10. The van der Waals surface area contributed by atoms with Crippen LogP contribution in [0.25, 0.3) is 16.8 Å². The Labute approximate surface area is 121 Å². The lowest BCUT2D eigenvalue weighted by atomic mass is 10.0. The number of H-pyrrole nitrogens is 1. The fourth-order valence-electron chi connectivity index (χ4n) is 2.25. The van der Waals surface area contributed by atoms with Gasteiger partial charge in [0.1, 0.15) is 11.6 Å². The van der Waals surface area contributed by atoms with Crippen molar-refractivity contribution in [3.63, 3.8) is 0 Å². The molecule has 0 aliphatic rings. The van der Waals surface area contributed by atoms with Crippen molar-refractivity contribution >= 4 is 0 Å². The van der Waals surface area contributed by atoms with E-state index < -0.39 is 0 Å². The molecule has 0 atom stereocenters. The largest absolute Gasteiger partial charge is 0.325 e. The van der Waals surface area contributed by atoms with Gasteiger partial charge >= 0.3 is 0 Å². The normalized spacial score (nSPS) is 10.3. The van der Waals surface area contributed by atoms with Crippen molar-refractivity contribution in [2.24, 2.45) is 0 Å². The smallest absolute Gasteiger partial charge is 0.266 e. The highest BCUT2D eigenvalue weighted by molar-refractivity contribution is 5.71. The van der Waals surface area contributed by atoms with Crippen LogP contribution < -0.4 is 5.56 Å². The molecule has 0 unspecified atom stereocenters. The molecule has 0 saturated carbocycles. The molecule has 2 aromatic heterocycles. The number of nitrogens with one attached hydrogen (secondary N) is 1. The first kappa shape index (κ1) is 12.9. The average Bonchev–Trinajstić information content (AvgIpc) is 3.01. The Bertz CT molecular complexity index is 868. The van der Waals surface area contributed by atoms with Crippen LogP contribution in [0.3, 0.4) is 0 Å². The lowest BCUT2D eigenvalue weighted by Crippen LogP contribution is -2.12. The number of benzene rings is 1. The van der Waals surface area contributed by atoms with Crippen LogP contribution in [0.2, 0.25) is 0 Å². The Morgan fingerprint density at radius 1 is 1.29 bits per heavy atom. The summed E-state index contributed by atoms with van der Waals surface area (Å²) in [6.07, 6.45) is 5.28. The molecule has 5 heteroatoms. The first-order valence-electron chi connectivity index (χ1n) is 6.42. The maximum Gasteiger partial charge on any atom is 0.266 e. The molecule has 0 amide bonds. The summed E-state index contributed by atoms with van der Waals surface area (Å²) in [7, 11) is 0. The van der Waals surface area contributed by atoms with Crippen molar-refractivity contribution in [3.05, 3.63) is 70.7 Å². The highest BCUT2D eigenvalue weighted by Crippen LogP contribution is 2.23. The zero-order valence-corrected chi connectivity index (χ0v) is 11.4. The third-order valence-electron chi connectivity index (χ3n) is 3.26. The van der Waals surface area contributed by atoms with Crippen LogP contribution in [-0.4, -0.2) is 14.5 Å². The van der Waals surface area contributed by atoms with Crippen LogP contribution in [-0.2, 0) is 0 Å². The topological polar surface area (TPSA) is 74.5 Å². The van der Waals surface area contributed by atoms with E-state index in [-0.39, 0.29) is 11.1 Å². The Hall–Kier alpha value is -3.13. The molecule has 21 heavy (non-hydrogen) atoms. The van der Waals surface area contributed by atoms with Crippen molar-refractivity contribution in [2.75, 3.05) is 0 Å². The Kier molecular flexibility index (Phi) is 3.13. The number of nitrogens with zero attached hydrogens (tertiary/aromatic N) is 3. The number of pyridine rings is 1. The number of hydrogen-bond donors (Lipinski definition) is 1. The molecule has 0 radical (unpaired) electrons. The Morgan fingerprint density at radius 2 is 2.05 bits per heavy atom. The second-order valence-corrected chi connectivity index (χ2v) is 4.70. The van der Waals surface area contributed by atoms with Crippen LogP contribution in [0.4, 0.5) is 0 Å². The van der Waals surface area contributed by atoms with Crippen LogP contribution in [0, 0.1) is 18.3 Å². The summed E-state index contributed by atoms with van der Waals surface area (Å²) in [6, 6.07) is 11.4. The zero-order chi connectivity index (χ0) is 14.8. The van der Waals surface area contributed by atoms with Crippen molar-refractivity contribution in [1.82, 2.24) is 14.5 Å². The second-order valence-electron chi connectivity index (χ2n) is 4.70. The van der Waals surface area contributed by atoms with Gasteiger partial charge in [0.25, 0.3) is 5.56 Å². The van der Waals surface area contributed by atoms with Gasteiger partial charge in [-0.2, -0.15) is 5.26 Å². The van der Waals surface area contributed by atoms with E-state index >= 15 is 0 Å². The minimum Gasteiger partial charge on any atom is -0.325 e. The first-order valence-corrected chi connectivity index (χ1v) is 6.42. The van der Waals surface area contributed by atoms with E-state index in [4.69, 9.17) is 0 Å². The van der Waals surface area contributed by atoms with Gasteiger partial charge in [-0.05, 0) is 30.7 Å². The lowest BCUT2D eigenvalue weighted by Gasteiger charge is -2.07. The number of hydrogen-bond acceptors (Lipinski definition) is 3. The zero-order valence-electron chi connectivity index (χ0n) is 11.4. The molecule has 0 aliphatic carbocycles. The fourth-order valence-corrected chi connectivity index (χ4v) is 2.25. The van der Waals surface area contributed by atoms with Gasteiger partial charge in [0.15, 0.2) is 0 Å². The molecule has 0 saturated heterocycles. The van der Waals surface area contributed by atoms with E-state index in [0.717, 1.165) is 16.9 Å². The van der Waals surface area contributed by atoms with Gasteiger partial charge in [-0.3, -0.25) is 4.79 Å². The summed E-state index contributed by atoms with van der Waals surface area (Å²) >= 11 is 0. The summed E-state index contributed by atoms with van der Waals surface area (Å²) in [5, 5.41) is 9.17. The van der Waals surface area contributed by atoms with Gasteiger partial charge in [0.05, 0.1) is 6.33 Å².